The lowest BCUT2D eigenvalue weighted by Gasteiger charge is -2.05. The summed E-state index contributed by atoms with van der Waals surface area (Å²) in [5.74, 6) is 0.0451. The van der Waals surface area contributed by atoms with Gasteiger partial charge in [0.1, 0.15) is 0 Å². The molecule has 0 radical (unpaired) electrons. The van der Waals surface area contributed by atoms with Gasteiger partial charge in [-0.25, -0.2) is 0 Å². The van der Waals surface area contributed by atoms with Crippen LogP contribution in [0.15, 0.2) is 0 Å². The normalized spacial score (nSPS) is 12.0. The molecule has 68 valence electrons. The van der Waals surface area contributed by atoms with Crippen LogP contribution in [0.2, 0.25) is 0 Å². The molecule has 0 aromatic heterocycles. The molecule has 0 spiro atoms. The lowest BCUT2D eigenvalue weighted by Crippen LogP contribution is -2.25. The summed E-state index contributed by atoms with van der Waals surface area (Å²) in [6.07, 6.45) is 0. The van der Waals surface area contributed by atoms with E-state index in [4.69, 9.17) is 5.73 Å². The first-order valence-electron chi connectivity index (χ1n) is 3.18. The highest BCUT2D eigenvalue weighted by molar-refractivity contribution is 8.00. The Morgan fingerprint density at radius 3 is 2.36 bits per heavy atom. The molecule has 0 rings (SSSR count). The number of nitrogens with two attached hydrogens (primary N) is 1. The summed E-state index contributed by atoms with van der Waals surface area (Å²) in [6, 6.07) is 0. The van der Waals surface area contributed by atoms with E-state index in [9.17, 15) is 13.2 Å². The molecule has 0 amide bonds. The van der Waals surface area contributed by atoms with Crippen molar-refractivity contribution in [2.24, 2.45) is 5.73 Å². The average Bonchev–Trinajstić information content (AvgIpc) is 1.85. The van der Waals surface area contributed by atoms with Crippen LogP contribution in [0.5, 0.6) is 0 Å². The van der Waals surface area contributed by atoms with Gasteiger partial charge < -0.3 is 11.1 Å². The minimum atomic E-state index is -4.11. The van der Waals surface area contributed by atoms with E-state index >= 15 is 0 Å². The molecular formula is C5H11F3N2S. The molecule has 0 aliphatic heterocycles. The Morgan fingerprint density at radius 2 is 1.91 bits per heavy atom. The van der Waals surface area contributed by atoms with E-state index < -0.39 is 5.51 Å². The van der Waals surface area contributed by atoms with Crippen LogP contribution in [-0.4, -0.2) is 30.9 Å². The summed E-state index contributed by atoms with van der Waals surface area (Å²) in [4.78, 5) is 0. The Balaban J connectivity index is 3.02. The summed E-state index contributed by atoms with van der Waals surface area (Å²) in [7, 11) is 0. The summed E-state index contributed by atoms with van der Waals surface area (Å²) in [5, 5.41) is 2.76. The average molecular weight is 188 g/mol. The van der Waals surface area contributed by atoms with Crippen molar-refractivity contribution in [2.45, 2.75) is 5.51 Å². The molecule has 0 aromatic carbocycles. The van der Waals surface area contributed by atoms with Crippen LogP contribution in [0, 0.1) is 0 Å². The van der Waals surface area contributed by atoms with Crippen LogP contribution < -0.4 is 11.1 Å². The van der Waals surface area contributed by atoms with Crippen molar-refractivity contribution in [2.75, 3.05) is 25.4 Å². The quantitative estimate of drug-likeness (QED) is 0.626. The van der Waals surface area contributed by atoms with E-state index in [0.717, 1.165) is 0 Å². The maximum atomic E-state index is 11.5. The fraction of sp³-hybridized carbons (Fsp3) is 1.00. The monoisotopic (exact) mass is 188 g/mol. The van der Waals surface area contributed by atoms with Crippen LogP contribution in [-0.2, 0) is 0 Å². The van der Waals surface area contributed by atoms with E-state index in [1.165, 1.54) is 0 Å². The molecule has 0 unspecified atom stereocenters. The van der Waals surface area contributed by atoms with Gasteiger partial charge in [-0.2, -0.15) is 13.2 Å². The highest BCUT2D eigenvalue weighted by Gasteiger charge is 2.27. The van der Waals surface area contributed by atoms with Gasteiger partial charge >= 0.3 is 5.51 Å². The summed E-state index contributed by atoms with van der Waals surface area (Å²) >= 11 is -0.0193. The predicted molar refractivity (Wildman–Crippen MR) is 40.4 cm³/mol. The predicted octanol–water partition coefficient (Wildman–Crippen LogP) is 0.788. The zero-order valence-corrected chi connectivity index (χ0v) is 6.76. The molecule has 0 aromatic rings. The second-order valence-corrected chi connectivity index (χ2v) is 2.99. The fourth-order valence-corrected chi connectivity index (χ4v) is 0.944. The maximum absolute atomic E-state index is 11.5. The fourth-order valence-electron chi connectivity index (χ4n) is 0.466. The third kappa shape index (κ3) is 10.1. The Morgan fingerprint density at radius 1 is 1.27 bits per heavy atom. The maximum Gasteiger partial charge on any atom is 0.441 e. The minimum absolute atomic E-state index is 0.0193. The molecule has 0 aliphatic rings. The largest absolute Gasteiger partial charge is 0.441 e. The molecule has 0 saturated heterocycles. The van der Waals surface area contributed by atoms with E-state index in [1.807, 2.05) is 0 Å². The van der Waals surface area contributed by atoms with Crippen LogP contribution in [0.25, 0.3) is 0 Å². The van der Waals surface area contributed by atoms with Crippen molar-refractivity contribution in [3.63, 3.8) is 0 Å². The Hall–Kier alpha value is 0.0600. The summed E-state index contributed by atoms with van der Waals surface area (Å²) < 4.78 is 34.4. The zero-order valence-electron chi connectivity index (χ0n) is 5.95. The van der Waals surface area contributed by atoms with Gasteiger partial charge in [0.25, 0.3) is 0 Å². The Labute approximate surface area is 67.7 Å². The van der Waals surface area contributed by atoms with Gasteiger partial charge in [-0.05, 0) is 11.8 Å². The lowest BCUT2D eigenvalue weighted by atomic mass is 10.6. The van der Waals surface area contributed by atoms with E-state index in [0.29, 0.717) is 19.6 Å². The number of rotatable bonds is 5. The number of thioether (sulfide) groups is 1. The lowest BCUT2D eigenvalue weighted by molar-refractivity contribution is -0.0327. The van der Waals surface area contributed by atoms with Crippen molar-refractivity contribution < 1.29 is 13.2 Å². The summed E-state index contributed by atoms with van der Waals surface area (Å²) in [5.41, 5.74) is 0.998. The minimum Gasteiger partial charge on any atom is -0.329 e. The van der Waals surface area contributed by atoms with Gasteiger partial charge in [0, 0.05) is 25.4 Å². The molecule has 0 fully saturated rings. The van der Waals surface area contributed by atoms with Crippen molar-refractivity contribution in [1.82, 2.24) is 5.32 Å². The molecule has 6 heteroatoms. The van der Waals surface area contributed by atoms with Gasteiger partial charge in [0.15, 0.2) is 0 Å². The first kappa shape index (κ1) is 11.1. The third-order valence-electron chi connectivity index (χ3n) is 0.866. The molecular weight excluding hydrogens is 177 g/mol. The molecule has 0 bridgehead atoms. The van der Waals surface area contributed by atoms with Crippen molar-refractivity contribution in [3.8, 4) is 0 Å². The molecule has 0 aliphatic carbocycles. The van der Waals surface area contributed by atoms with E-state index in [2.05, 4.69) is 5.32 Å². The molecule has 11 heavy (non-hydrogen) atoms. The molecule has 2 nitrogen and oxygen atoms in total. The number of nitrogens with one attached hydrogen (secondary N) is 1. The topological polar surface area (TPSA) is 38.0 Å². The molecule has 0 heterocycles. The van der Waals surface area contributed by atoms with E-state index in [1.54, 1.807) is 0 Å². The second kappa shape index (κ2) is 5.68. The highest BCUT2D eigenvalue weighted by atomic mass is 32.2. The molecule has 3 N–H and O–H groups in total. The number of hydrogen-bond donors (Lipinski definition) is 2. The number of hydrogen-bond acceptors (Lipinski definition) is 3. The molecule has 0 atom stereocenters. The van der Waals surface area contributed by atoms with Gasteiger partial charge in [-0.1, -0.05) is 0 Å². The molecule has 0 saturated carbocycles. The van der Waals surface area contributed by atoms with Gasteiger partial charge in [0.2, 0.25) is 0 Å². The Kier molecular flexibility index (Phi) is 5.71. The second-order valence-electron chi connectivity index (χ2n) is 1.83. The summed E-state index contributed by atoms with van der Waals surface area (Å²) in [6.45, 7) is 1.37. The third-order valence-corrected chi connectivity index (χ3v) is 1.60. The van der Waals surface area contributed by atoms with Crippen LogP contribution in [0.4, 0.5) is 13.2 Å². The highest BCUT2D eigenvalue weighted by Crippen LogP contribution is 2.29. The first-order chi connectivity index (χ1) is 5.06. The van der Waals surface area contributed by atoms with E-state index in [-0.39, 0.29) is 17.5 Å². The van der Waals surface area contributed by atoms with Crippen LogP contribution >= 0.6 is 11.8 Å². The van der Waals surface area contributed by atoms with Crippen molar-refractivity contribution in [1.29, 1.82) is 0 Å². The van der Waals surface area contributed by atoms with Crippen LogP contribution in [0.1, 0.15) is 0 Å². The van der Waals surface area contributed by atoms with Gasteiger partial charge in [-0.15, -0.1) is 0 Å². The van der Waals surface area contributed by atoms with Crippen molar-refractivity contribution >= 4 is 11.8 Å². The van der Waals surface area contributed by atoms with Gasteiger partial charge in [0.05, 0.1) is 0 Å². The number of alkyl halides is 3. The number of halogens is 3. The zero-order chi connectivity index (χ0) is 8.74. The van der Waals surface area contributed by atoms with Crippen molar-refractivity contribution in [3.05, 3.63) is 0 Å². The SMILES string of the molecule is NCCNCCSC(F)(F)F. The standard InChI is InChI=1S/C5H11F3N2S/c6-5(7,8)11-4-3-10-2-1-9/h10H,1-4,9H2. The van der Waals surface area contributed by atoms with Crippen LogP contribution in [0.3, 0.4) is 0 Å². The first-order valence-corrected chi connectivity index (χ1v) is 4.16. The van der Waals surface area contributed by atoms with Gasteiger partial charge in [-0.3, -0.25) is 0 Å². The smallest absolute Gasteiger partial charge is 0.329 e. The Bertz CT molecular complexity index is 96.2.